The lowest BCUT2D eigenvalue weighted by molar-refractivity contribution is -0.298. The number of likely N-dealkylation sites (N-methyl/N-ethyl adjacent to an activating group) is 2. The highest BCUT2D eigenvalue weighted by Gasteiger charge is 2.50. The molecule has 58 heavy (non-hydrogen) atoms. The number of ether oxygens (including phenoxy) is 7. The van der Waals surface area contributed by atoms with Gasteiger partial charge in [0.05, 0.1) is 60.3 Å². The van der Waals surface area contributed by atoms with Gasteiger partial charge in [-0.2, -0.15) is 0 Å². The zero-order valence-electron chi connectivity index (χ0n) is 36.5. The standard InChI is InChI=1S/C46H68N2O10/c1-13-20-38(53-29-34-21-16-14-17-22-34)37(28-49)48(11)27-30(2)26-46(8,52-12)41(32(4)39-33(5)42(50)58-45(6,7)57-39)56-44-40(36(47(9)10)25-31(3)54-44)55-43(51)35-23-18-15-19-24-35/h13-19,21-24,30-32,36-38,40-41,44,49H,1,20,25-29H2,2-12H3/t30-,31?,32+,36?,37+,38-,40?,41-,44?,46?/m1/s1. The smallest absolute Gasteiger partial charge is 0.340 e. The first kappa shape index (κ1) is 47.1. The first-order valence-corrected chi connectivity index (χ1v) is 20.4. The summed E-state index contributed by atoms with van der Waals surface area (Å²) in [4.78, 5) is 31.0. The minimum absolute atomic E-state index is 0.00279. The summed E-state index contributed by atoms with van der Waals surface area (Å²) in [6, 6.07) is 18.3. The highest BCUT2D eigenvalue weighted by Crippen LogP contribution is 2.41. The molecular weight excluding hydrogens is 741 g/mol. The Balaban J connectivity index is 1.67. The topological polar surface area (TPSA) is 125 Å². The molecule has 2 heterocycles. The predicted octanol–water partition coefficient (Wildman–Crippen LogP) is 6.77. The third kappa shape index (κ3) is 12.2. The van der Waals surface area contributed by atoms with Gasteiger partial charge in [0.25, 0.3) is 0 Å². The number of hydrogen-bond donors (Lipinski definition) is 1. The molecule has 2 aromatic rings. The number of nitrogens with zero attached hydrogens (tertiary/aromatic N) is 2. The molecule has 1 N–H and O–H groups in total. The van der Waals surface area contributed by atoms with Crippen LogP contribution in [0.3, 0.4) is 0 Å². The van der Waals surface area contributed by atoms with Crippen LogP contribution in [0.4, 0.5) is 0 Å². The fourth-order valence-electron chi connectivity index (χ4n) is 8.32. The largest absolute Gasteiger partial charge is 0.456 e. The van der Waals surface area contributed by atoms with Crippen LogP contribution in [-0.4, -0.2) is 122 Å². The SMILES string of the molecule is C=CC[C@@H](OCc1ccccc1)[C@H](CO)N(C)C[C@H](C)CC(C)(OC)[C@H](OC1OC(C)CC(N(C)C)C1OC(=O)c1ccccc1)[C@@H](C)C1=C(C)C(=O)OC(C)(C)O1. The molecule has 12 heteroatoms. The third-order valence-corrected chi connectivity index (χ3v) is 11.3. The molecule has 0 bridgehead atoms. The minimum atomic E-state index is -1.21. The lowest BCUT2D eigenvalue weighted by Gasteiger charge is -2.48. The number of rotatable bonds is 21. The molecule has 0 aromatic heterocycles. The maximum atomic E-state index is 13.6. The number of aliphatic hydroxyl groups is 1. The highest BCUT2D eigenvalue weighted by atomic mass is 16.7. The lowest BCUT2D eigenvalue weighted by atomic mass is 9.80. The van der Waals surface area contributed by atoms with Crippen molar-refractivity contribution in [2.75, 3.05) is 41.4 Å². The number of benzene rings is 2. The van der Waals surface area contributed by atoms with E-state index in [-0.39, 0.29) is 36.8 Å². The van der Waals surface area contributed by atoms with E-state index >= 15 is 0 Å². The fourth-order valence-corrected chi connectivity index (χ4v) is 8.32. The molecule has 5 unspecified atom stereocenters. The normalized spacial score (nSPS) is 24.6. The summed E-state index contributed by atoms with van der Waals surface area (Å²) in [6.45, 7) is 18.0. The first-order chi connectivity index (χ1) is 27.4. The number of methoxy groups -OCH3 is 1. The molecule has 2 aliphatic rings. The molecule has 0 saturated carbocycles. The van der Waals surface area contributed by atoms with Gasteiger partial charge in [0.2, 0.25) is 5.79 Å². The molecule has 0 spiro atoms. The summed E-state index contributed by atoms with van der Waals surface area (Å²) >= 11 is 0. The Labute approximate surface area is 346 Å². The van der Waals surface area contributed by atoms with Gasteiger partial charge >= 0.3 is 11.9 Å². The van der Waals surface area contributed by atoms with Gasteiger partial charge in [0.15, 0.2) is 12.4 Å². The second kappa shape index (κ2) is 21.1. The van der Waals surface area contributed by atoms with Crippen molar-refractivity contribution >= 4 is 11.9 Å². The summed E-state index contributed by atoms with van der Waals surface area (Å²) in [5, 5.41) is 10.7. The van der Waals surface area contributed by atoms with Crippen molar-refractivity contribution in [2.45, 2.75) is 129 Å². The van der Waals surface area contributed by atoms with Crippen LogP contribution in [0.25, 0.3) is 0 Å². The molecule has 0 aliphatic carbocycles. The van der Waals surface area contributed by atoms with Crippen molar-refractivity contribution in [2.24, 2.45) is 11.8 Å². The Bertz CT molecular complexity index is 1650. The third-order valence-electron chi connectivity index (χ3n) is 11.3. The zero-order valence-corrected chi connectivity index (χ0v) is 36.5. The maximum absolute atomic E-state index is 13.6. The van der Waals surface area contributed by atoms with Crippen molar-refractivity contribution in [1.82, 2.24) is 9.80 Å². The van der Waals surface area contributed by atoms with Crippen LogP contribution < -0.4 is 0 Å². The molecule has 0 radical (unpaired) electrons. The van der Waals surface area contributed by atoms with Gasteiger partial charge in [-0.1, -0.05) is 68.5 Å². The van der Waals surface area contributed by atoms with Crippen LogP contribution in [0.1, 0.15) is 83.7 Å². The van der Waals surface area contributed by atoms with Crippen molar-refractivity contribution in [1.29, 1.82) is 0 Å². The van der Waals surface area contributed by atoms with E-state index in [0.29, 0.717) is 49.3 Å². The Morgan fingerprint density at radius 3 is 2.29 bits per heavy atom. The van der Waals surface area contributed by atoms with Crippen LogP contribution in [-0.2, 0) is 44.6 Å². The van der Waals surface area contributed by atoms with Crippen LogP contribution in [0, 0.1) is 11.8 Å². The number of aliphatic hydroxyl groups excluding tert-OH is 1. The Morgan fingerprint density at radius 2 is 1.71 bits per heavy atom. The number of carbonyl (C=O) groups is 2. The average molecular weight is 809 g/mol. The average Bonchev–Trinajstić information content (AvgIpc) is 3.18. The number of cyclic esters (lactones) is 1. The quantitative estimate of drug-likeness (QED) is 0.106. The summed E-state index contributed by atoms with van der Waals surface area (Å²) < 4.78 is 44.8. The van der Waals surface area contributed by atoms with E-state index in [0.717, 1.165) is 5.56 Å². The molecular formula is C46H68N2O10. The van der Waals surface area contributed by atoms with Crippen molar-refractivity contribution in [3.63, 3.8) is 0 Å². The molecule has 2 aliphatic heterocycles. The summed E-state index contributed by atoms with van der Waals surface area (Å²) in [5.41, 5.74) is 0.792. The molecule has 322 valence electrons. The Kier molecular flexibility index (Phi) is 17.1. The summed E-state index contributed by atoms with van der Waals surface area (Å²) in [5.74, 6) is -2.31. The molecule has 4 rings (SSSR count). The fraction of sp³-hybridized carbons (Fsp3) is 0.609. The van der Waals surface area contributed by atoms with Crippen LogP contribution in [0.5, 0.6) is 0 Å². The van der Waals surface area contributed by atoms with Gasteiger partial charge in [0.1, 0.15) is 5.76 Å². The van der Waals surface area contributed by atoms with Gasteiger partial charge in [-0.25, -0.2) is 9.59 Å². The van der Waals surface area contributed by atoms with Gasteiger partial charge in [-0.05, 0) is 84.8 Å². The molecule has 0 amide bonds. The van der Waals surface area contributed by atoms with E-state index in [2.05, 4.69) is 18.4 Å². The first-order valence-electron chi connectivity index (χ1n) is 20.4. The molecule has 1 fully saturated rings. The lowest BCUT2D eigenvalue weighted by Crippen LogP contribution is -2.59. The number of carbonyl (C=O) groups excluding carboxylic acids is 2. The van der Waals surface area contributed by atoms with Crippen molar-refractivity contribution in [3.05, 3.63) is 95.8 Å². The van der Waals surface area contributed by atoms with E-state index in [9.17, 15) is 14.7 Å². The predicted molar refractivity (Wildman–Crippen MR) is 223 cm³/mol. The van der Waals surface area contributed by atoms with Gasteiger partial charge in [-0.3, -0.25) is 4.90 Å². The van der Waals surface area contributed by atoms with Crippen LogP contribution in [0.2, 0.25) is 0 Å². The molecule has 1 saturated heterocycles. The van der Waals surface area contributed by atoms with Gasteiger partial charge in [0, 0.05) is 33.4 Å². The monoisotopic (exact) mass is 808 g/mol. The van der Waals surface area contributed by atoms with E-state index < -0.39 is 47.7 Å². The Morgan fingerprint density at radius 1 is 1.07 bits per heavy atom. The highest BCUT2D eigenvalue weighted by molar-refractivity contribution is 5.89. The maximum Gasteiger partial charge on any atom is 0.340 e. The molecule has 12 nitrogen and oxygen atoms in total. The van der Waals surface area contributed by atoms with Gasteiger partial charge in [-0.15, -0.1) is 6.58 Å². The summed E-state index contributed by atoms with van der Waals surface area (Å²) in [6.07, 6.45) is 0.348. The summed E-state index contributed by atoms with van der Waals surface area (Å²) in [7, 11) is 7.53. The number of hydrogen-bond acceptors (Lipinski definition) is 12. The van der Waals surface area contributed by atoms with Gasteiger partial charge < -0.3 is 43.2 Å². The second-order valence-corrected chi connectivity index (χ2v) is 16.9. The molecule has 2 aromatic carbocycles. The second-order valence-electron chi connectivity index (χ2n) is 16.9. The van der Waals surface area contributed by atoms with E-state index in [1.165, 1.54) is 0 Å². The number of esters is 2. The Hall–Kier alpha value is -3.62. The van der Waals surface area contributed by atoms with Crippen LogP contribution in [0.15, 0.2) is 84.7 Å². The van der Waals surface area contributed by atoms with E-state index in [4.69, 9.17) is 33.2 Å². The van der Waals surface area contributed by atoms with E-state index in [1.54, 1.807) is 52.1 Å². The van der Waals surface area contributed by atoms with Crippen molar-refractivity contribution < 1.29 is 47.9 Å². The van der Waals surface area contributed by atoms with E-state index in [1.807, 2.05) is 89.3 Å². The van der Waals surface area contributed by atoms with Crippen LogP contribution >= 0.6 is 0 Å². The molecule has 10 atom stereocenters. The minimum Gasteiger partial charge on any atom is -0.456 e. The zero-order chi connectivity index (χ0) is 42.8. The van der Waals surface area contributed by atoms with Crippen molar-refractivity contribution in [3.8, 4) is 0 Å².